The smallest absolute Gasteiger partial charge is 0.236 e. The molecule has 2 aromatic heterocycles. The maximum Gasteiger partial charge on any atom is 0.236 e. The highest BCUT2D eigenvalue weighted by molar-refractivity contribution is 7.15. The van der Waals surface area contributed by atoms with E-state index in [2.05, 4.69) is 90.0 Å². The molecule has 186 valence electrons. The number of nitrogens with zero attached hydrogens (tertiary/aromatic N) is 4. The van der Waals surface area contributed by atoms with E-state index >= 15 is 0 Å². The average Bonchev–Trinajstić information content (AvgIpc) is 3.39. The van der Waals surface area contributed by atoms with Crippen LogP contribution in [0.2, 0.25) is 0 Å². The first-order valence-electron chi connectivity index (χ1n) is 12.3. The highest BCUT2D eigenvalue weighted by Crippen LogP contribution is 2.44. The Morgan fingerprint density at radius 3 is 2.58 bits per heavy atom. The summed E-state index contributed by atoms with van der Waals surface area (Å²) in [7, 11) is 6.04. The van der Waals surface area contributed by atoms with Crippen molar-refractivity contribution in [2.24, 2.45) is 0 Å². The Morgan fingerprint density at radius 2 is 1.83 bits per heavy atom. The largest absolute Gasteiger partial charge is 0.361 e. The van der Waals surface area contributed by atoms with Crippen molar-refractivity contribution in [2.45, 2.75) is 45.7 Å². The summed E-state index contributed by atoms with van der Waals surface area (Å²) in [6.07, 6.45) is 0. The molecule has 1 N–H and O–H groups in total. The Morgan fingerprint density at radius 1 is 1.08 bits per heavy atom. The number of hydrogen-bond donors (Lipinski definition) is 1. The van der Waals surface area contributed by atoms with E-state index in [1.54, 1.807) is 16.2 Å². The van der Waals surface area contributed by atoms with Gasteiger partial charge in [0.05, 0.1) is 17.2 Å². The summed E-state index contributed by atoms with van der Waals surface area (Å²) in [5.41, 5.74) is 4.89. The van der Waals surface area contributed by atoms with E-state index in [4.69, 9.17) is 0 Å². The van der Waals surface area contributed by atoms with Gasteiger partial charge in [-0.2, -0.15) is 5.10 Å². The van der Waals surface area contributed by atoms with Crippen LogP contribution in [0.15, 0.2) is 48.5 Å². The molecule has 0 aliphatic carbocycles. The Bertz CT molecular complexity index is 1470. The first-order chi connectivity index (χ1) is 17.1. The average molecular weight is 500 g/mol. The topological polar surface area (TPSA) is 61.4 Å². The van der Waals surface area contributed by atoms with Gasteiger partial charge in [0.1, 0.15) is 0 Å². The molecule has 0 unspecified atom stereocenters. The number of rotatable bonds is 6. The van der Waals surface area contributed by atoms with Gasteiger partial charge in [0.25, 0.3) is 0 Å². The highest BCUT2D eigenvalue weighted by atomic mass is 32.1. The van der Waals surface area contributed by atoms with E-state index in [0.717, 1.165) is 40.1 Å². The van der Waals surface area contributed by atoms with E-state index in [-0.39, 0.29) is 11.9 Å². The number of thiophene rings is 1. The standard InChI is InChI=1S/C29H33N5OS/c1-17-21-14-23-24(34(7)28(35)29(23,3)4)15-22(21)27(32-31-17)30-18(2)25-12-13-26(36-25)20-11-9-8-10-19(20)16-33(5)6/h8-15,18H,16H2,1-7H3,(H,30,32)/t18-/m1/s1. The maximum absolute atomic E-state index is 12.9. The highest BCUT2D eigenvalue weighted by Gasteiger charge is 2.42. The van der Waals surface area contributed by atoms with Gasteiger partial charge in [0, 0.05) is 39.8 Å². The predicted molar refractivity (Wildman–Crippen MR) is 150 cm³/mol. The van der Waals surface area contributed by atoms with E-state index in [0.29, 0.717) is 0 Å². The molecule has 36 heavy (non-hydrogen) atoms. The molecule has 3 heterocycles. The maximum atomic E-state index is 12.9. The molecule has 0 saturated heterocycles. The van der Waals surface area contributed by atoms with Crippen molar-refractivity contribution >= 4 is 39.5 Å². The van der Waals surface area contributed by atoms with Crippen LogP contribution in [0.5, 0.6) is 0 Å². The van der Waals surface area contributed by atoms with Crippen molar-refractivity contribution in [1.29, 1.82) is 0 Å². The molecule has 6 nitrogen and oxygen atoms in total. The van der Waals surface area contributed by atoms with Gasteiger partial charge in [-0.25, -0.2) is 0 Å². The Balaban J connectivity index is 1.48. The summed E-state index contributed by atoms with van der Waals surface area (Å²) in [6.45, 7) is 9.00. The van der Waals surface area contributed by atoms with Gasteiger partial charge in [0.15, 0.2) is 5.82 Å². The van der Waals surface area contributed by atoms with Gasteiger partial charge in [0.2, 0.25) is 5.91 Å². The van der Waals surface area contributed by atoms with E-state index < -0.39 is 5.41 Å². The molecule has 5 rings (SSSR count). The second-order valence-electron chi connectivity index (χ2n) is 10.5. The molecule has 0 fully saturated rings. The SMILES string of the molecule is Cc1nnc(N[C@H](C)c2ccc(-c3ccccc3CN(C)C)s2)c2cc3c(cc12)C(C)(C)C(=O)N3C. The normalized spacial score (nSPS) is 15.6. The third kappa shape index (κ3) is 4.06. The minimum atomic E-state index is -0.550. The third-order valence-electron chi connectivity index (χ3n) is 7.13. The van der Waals surface area contributed by atoms with Crippen LogP contribution in [0.1, 0.15) is 48.5 Å². The lowest BCUT2D eigenvalue weighted by molar-refractivity contribution is -0.121. The molecule has 4 aromatic rings. The molecular weight excluding hydrogens is 466 g/mol. The first kappa shape index (κ1) is 24.4. The van der Waals surface area contributed by atoms with Gasteiger partial charge < -0.3 is 15.1 Å². The first-order valence-corrected chi connectivity index (χ1v) is 13.1. The lowest BCUT2D eigenvalue weighted by Crippen LogP contribution is -2.33. The molecule has 1 amide bonds. The van der Waals surface area contributed by atoms with Crippen molar-refractivity contribution in [3.05, 3.63) is 70.2 Å². The zero-order chi connectivity index (χ0) is 25.8. The molecule has 0 radical (unpaired) electrons. The molecular formula is C29H33N5OS. The zero-order valence-corrected chi connectivity index (χ0v) is 22.8. The number of carbonyl (C=O) groups excluding carboxylic acids is 1. The number of aromatic nitrogens is 2. The lowest BCUT2D eigenvalue weighted by Gasteiger charge is -2.18. The van der Waals surface area contributed by atoms with Gasteiger partial charge in [-0.15, -0.1) is 16.4 Å². The Kier molecular flexibility index (Phi) is 6.09. The van der Waals surface area contributed by atoms with Crippen LogP contribution in [0.3, 0.4) is 0 Å². The Hall–Kier alpha value is -3.29. The van der Waals surface area contributed by atoms with Crippen LogP contribution < -0.4 is 10.2 Å². The van der Waals surface area contributed by atoms with Gasteiger partial charge in [-0.05, 0) is 82.7 Å². The minimum Gasteiger partial charge on any atom is -0.361 e. The summed E-state index contributed by atoms with van der Waals surface area (Å²) in [5.74, 6) is 0.842. The number of amides is 1. The molecule has 0 bridgehead atoms. The molecule has 1 aliphatic rings. The van der Waals surface area contributed by atoms with Crippen LogP contribution in [0.4, 0.5) is 11.5 Å². The van der Waals surface area contributed by atoms with Crippen molar-refractivity contribution < 1.29 is 4.79 Å². The monoisotopic (exact) mass is 499 g/mol. The molecule has 1 atom stereocenters. The summed E-state index contributed by atoms with van der Waals surface area (Å²) < 4.78 is 0. The minimum absolute atomic E-state index is 0.0500. The van der Waals surface area contributed by atoms with Crippen molar-refractivity contribution in [1.82, 2.24) is 15.1 Å². The number of nitrogens with one attached hydrogen (secondary N) is 1. The third-order valence-corrected chi connectivity index (χ3v) is 8.43. The summed E-state index contributed by atoms with van der Waals surface area (Å²) in [6, 6.07) is 17.3. The van der Waals surface area contributed by atoms with E-state index in [1.165, 1.54) is 20.9 Å². The van der Waals surface area contributed by atoms with E-state index in [9.17, 15) is 4.79 Å². The second-order valence-corrected chi connectivity index (χ2v) is 11.6. The Labute approximate surface area is 217 Å². The molecule has 7 heteroatoms. The van der Waals surface area contributed by atoms with Crippen molar-refractivity contribution in [2.75, 3.05) is 31.4 Å². The van der Waals surface area contributed by atoms with Crippen LogP contribution in [-0.4, -0.2) is 42.1 Å². The number of fused-ring (bicyclic) bond motifs is 2. The molecule has 2 aromatic carbocycles. The second kappa shape index (κ2) is 8.98. The van der Waals surface area contributed by atoms with Crippen LogP contribution >= 0.6 is 11.3 Å². The van der Waals surface area contributed by atoms with Gasteiger partial charge in [-0.3, -0.25) is 4.79 Å². The van der Waals surface area contributed by atoms with Crippen molar-refractivity contribution in [3.8, 4) is 10.4 Å². The van der Waals surface area contributed by atoms with Crippen LogP contribution in [0.25, 0.3) is 21.2 Å². The predicted octanol–water partition coefficient (Wildman–Crippen LogP) is 6.16. The number of benzene rings is 2. The van der Waals surface area contributed by atoms with Crippen LogP contribution in [0, 0.1) is 6.92 Å². The number of hydrogen-bond acceptors (Lipinski definition) is 6. The number of aryl methyl sites for hydroxylation is 1. The fourth-order valence-electron chi connectivity index (χ4n) is 5.09. The number of anilines is 2. The van der Waals surface area contributed by atoms with Gasteiger partial charge in [-0.1, -0.05) is 24.3 Å². The summed E-state index contributed by atoms with van der Waals surface area (Å²) >= 11 is 1.80. The molecule has 1 aliphatic heterocycles. The summed E-state index contributed by atoms with van der Waals surface area (Å²) in [5, 5.41) is 14.6. The fraction of sp³-hybridized carbons (Fsp3) is 0.345. The van der Waals surface area contributed by atoms with Crippen molar-refractivity contribution in [3.63, 3.8) is 0 Å². The number of likely N-dealkylation sites (N-methyl/N-ethyl adjacent to an activating group) is 1. The van der Waals surface area contributed by atoms with Crippen LogP contribution in [-0.2, 0) is 16.8 Å². The number of carbonyl (C=O) groups is 1. The molecule has 0 saturated carbocycles. The van der Waals surface area contributed by atoms with E-state index in [1.807, 2.05) is 27.8 Å². The zero-order valence-electron chi connectivity index (χ0n) is 22.0. The quantitative estimate of drug-likeness (QED) is 0.344. The summed E-state index contributed by atoms with van der Waals surface area (Å²) in [4.78, 5) is 19.3. The fourth-order valence-corrected chi connectivity index (χ4v) is 6.16. The van der Waals surface area contributed by atoms with Gasteiger partial charge >= 0.3 is 0 Å². The lowest BCUT2D eigenvalue weighted by atomic mass is 9.85. The molecule has 0 spiro atoms.